The van der Waals surface area contributed by atoms with Gasteiger partial charge in [-0.1, -0.05) is 60.7 Å². The number of anilines is 1. The Morgan fingerprint density at radius 1 is 0.846 bits per heavy atom. The molecule has 0 aliphatic rings. The smallest absolute Gasteiger partial charge is 0.281 e. The van der Waals surface area contributed by atoms with Crippen molar-refractivity contribution in [3.8, 4) is 0 Å². The van der Waals surface area contributed by atoms with Crippen LogP contribution in [0.5, 0.6) is 0 Å². The van der Waals surface area contributed by atoms with Crippen molar-refractivity contribution >= 4 is 17.7 Å². The molecule has 0 aromatic heterocycles. The Hall–Kier alpha value is -3.47. The highest BCUT2D eigenvalue weighted by Crippen LogP contribution is 2.27. The average molecular weight is 346 g/mol. The molecule has 3 aromatic rings. The summed E-state index contributed by atoms with van der Waals surface area (Å²) in [7, 11) is 0. The van der Waals surface area contributed by atoms with E-state index in [0.717, 1.165) is 11.1 Å². The molecule has 0 aliphatic carbocycles. The quantitative estimate of drug-likeness (QED) is 0.356. The van der Waals surface area contributed by atoms with Crippen LogP contribution in [0.15, 0.2) is 78.9 Å². The number of nitrogens with zero attached hydrogens (tertiary/aromatic N) is 2. The minimum Gasteiger partial charge on any atom is -0.363 e. The summed E-state index contributed by atoms with van der Waals surface area (Å²) in [6, 6.07) is 24.6. The zero-order valence-corrected chi connectivity index (χ0v) is 14.1. The summed E-state index contributed by atoms with van der Waals surface area (Å²) in [5.74, 6) is 0. The Balaban J connectivity index is 1.98. The van der Waals surface area contributed by atoms with E-state index in [1.807, 2.05) is 60.7 Å². The van der Waals surface area contributed by atoms with E-state index >= 15 is 0 Å². The van der Waals surface area contributed by atoms with Crippen molar-refractivity contribution in [2.75, 3.05) is 4.90 Å². The highest BCUT2D eigenvalue weighted by atomic mass is 16.6. The van der Waals surface area contributed by atoms with E-state index in [9.17, 15) is 14.9 Å². The largest absolute Gasteiger partial charge is 0.363 e. The van der Waals surface area contributed by atoms with Crippen LogP contribution < -0.4 is 4.90 Å². The Labute approximate surface area is 151 Å². The van der Waals surface area contributed by atoms with Crippen LogP contribution in [0, 0.1) is 10.1 Å². The van der Waals surface area contributed by atoms with Gasteiger partial charge in [-0.2, -0.15) is 0 Å². The van der Waals surface area contributed by atoms with E-state index in [-0.39, 0.29) is 11.3 Å². The monoisotopic (exact) mass is 346 g/mol. The van der Waals surface area contributed by atoms with E-state index < -0.39 is 4.92 Å². The fraction of sp³-hybridized carbons (Fsp3) is 0.0952. The van der Waals surface area contributed by atoms with Gasteiger partial charge in [-0.3, -0.25) is 14.9 Å². The second-order valence-electron chi connectivity index (χ2n) is 5.95. The summed E-state index contributed by atoms with van der Waals surface area (Å²) in [5.41, 5.74) is 2.81. The SMILES string of the molecule is O=Cc1ccc(N(Cc2ccccc2)Cc2ccccc2)cc1[N+](=O)[O-]. The predicted octanol–water partition coefficient (Wildman–Crippen LogP) is 4.61. The molecule has 0 saturated heterocycles. The van der Waals surface area contributed by atoms with Crippen molar-refractivity contribution in [2.45, 2.75) is 13.1 Å². The van der Waals surface area contributed by atoms with E-state index in [1.54, 1.807) is 6.07 Å². The topological polar surface area (TPSA) is 63.5 Å². The molecule has 0 aliphatic heterocycles. The number of nitro groups is 1. The fourth-order valence-electron chi connectivity index (χ4n) is 2.83. The van der Waals surface area contributed by atoms with Crippen LogP contribution in [-0.2, 0) is 13.1 Å². The first-order chi connectivity index (χ1) is 12.7. The molecule has 0 heterocycles. The van der Waals surface area contributed by atoms with E-state index in [2.05, 4.69) is 4.90 Å². The van der Waals surface area contributed by atoms with Crippen LogP contribution in [0.3, 0.4) is 0 Å². The normalized spacial score (nSPS) is 10.3. The van der Waals surface area contributed by atoms with Gasteiger partial charge < -0.3 is 4.90 Å². The second kappa shape index (κ2) is 8.07. The molecule has 0 atom stereocenters. The Kier molecular flexibility index (Phi) is 5.39. The van der Waals surface area contributed by atoms with Crippen LogP contribution in [-0.4, -0.2) is 11.2 Å². The maximum atomic E-state index is 11.3. The van der Waals surface area contributed by atoms with Crippen LogP contribution in [0.2, 0.25) is 0 Å². The number of hydrogen-bond acceptors (Lipinski definition) is 4. The van der Waals surface area contributed by atoms with Gasteiger partial charge in [0.15, 0.2) is 6.29 Å². The minimum absolute atomic E-state index is 0.0816. The lowest BCUT2D eigenvalue weighted by Crippen LogP contribution is -2.22. The third kappa shape index (κ3) is 4.13. The molecule has 0 amide bonds. The molecule has 0 saturated carbocycles. The summed E-state index contributed by atoms with van der Waals surface area (Å²) in [5, 5.41) is 11.3. The number of aldehydes is 1. The fourth-order valence-corrected chi connectivity index (χ4v) is 2.83. The molecule has 0 fully saturated rings. The Bertz CT molecular complexity index is 854. The molecule has 0 spiro atoms. The summed E-state index contributed by atoms with van der Waals surface area (Å²) in [6.45, 7) is 1.21. The highest BCUT2D eigenvalue weighted by Gasteiger charge is 2.17. The van der Waals surface area contributed by atoms with Crippen molar-refractivity contribution in [1.82, 2.24) is 0 Å². The molecule has 3 rings (SSSR count). The summed E-state index contributed by atoms with van der Waals surface area (Å²) in [4.78, 5) is 23.9. The minimum atomic E-state index is -0.517. The van der Waals surface area contributed by atoms with Gasteiger partial charge in [0, 0.05) is 24.8 Å². The number of carbonyl (C=O) groups is 1. The van der Waals surface area contributed by atoms with Gasteiger partial charge >= 0.3 is 0 Å². The van der Waals surface area contributed by atoms with Gasteiger partial charge in [0.05, 0.1) is 10.5 Å². The predicted molar refractivity (Wildman–Crippen MR) is 101 cm³/mol. The lowest BCUT2D eigenvalue weighted by molar-refractivity contribution is -0.385. The average Bonchev–Trinajstić information content (AvgIpc) is 2.68. The first-order valence-electron chi connectivity index (χ1n) is 8.24. The lowest BCUT2D eigenvalue weighted by atomic mass is 10.1. The maximum absolute atomic E-state index is 11.3. The van der Waals surface area contributed by atoms with Crippen molar-refractivity contribution in [1.29, 1.82) is 0 Å². The molecule has 0 N–H and O–H groups in total. The van der Waals surface area contributed by atoms with Crippen LogP contribution in [0.1, 0.15) is 21.5 Å². The molecule has 0 bridgehead atoms. The van der Waals surface area contributed by atoms with Crippen LogP contribution in [0.4, 0.5) is 11.4 Å². The van der Waals surface area contributed by atoms with Gasteiger partial charge in [-0.25, -0.2) is 0 Å². The molecule has 5 heteroatoms. The molecular formula is C21H18N2O3. The number of benzene rings is 3. The molecule has 0 unspecified atom stereocenters. The number of nitro benzene ring substituents is 1. The molecule has 5 nitrogen and oxygen atoms in total. The van der Waals surface area contributed by atoms with E-state index in [1.165, 1.54) is 12.1 Å². The number of rotatable bonds is 7. The standard InChI is InChI=1S/C21H18N2O3/c24-16-19-11-12-20(13-21(19)23(25)26)22(14-17-7-3-1-4-8-17)15-18-9-5-2-6-10-18/h1-13,16H,14-15H2. The molecule has 3 aromatic carbocycles. The van der Waals surface area contributed by atoms with Crippen molar-refractivity contribution in [2.24, 2.45) is 0 Å². The maximum Gasteiger partial charge on any atom is 0.281 e. The van der Waals surface area contributed by atoms with E-state index in [4.69, 9.17) is 0 Å². The zero-order valence-electron chi connectivity index (χ0n) is 14.1. The van der Waals surface area contributed by atoms with E-state index in [0.29, 0.717) is 25.1 Å². The van der Waals surface area contributed by atoms with Crippen molar-refractivity contribution in [3.63, 3.8) is 0 Å². The van der Waals surface area contributed by atoms with Crippen molar-refractivity contribution < 1.29 is 9.72 Å². The third-order valence-corrected chi connectivity index (χ3v) is 4.14. The highest BCUT2D eigenvalue weighted by molar-refractivity contribution is 5.83. The zero-order chi connectivity index (χ0) is 18.4. The van der Waals surface area contributed by atoms with Crippen LogP contribution in [0.25, 0.3) is 0 Å². The summed E-state index contributed by atoms with van der Waals surface area (Å²) >= 11 is 0. The van der Waals surface area contributed by atoms with Crippen molar-refractivity contribution in [3.05, 3.63) is 106 Å². The summed E-state index contributed by atoms with van der Waals surface area (Å²) in [6.07, 6.45) is 0.515. The first kappa shape index (κ1) is 17.4. The molecular weight excluding hydrogens is 328 g/mol. The van der Waals surface area contributed by atoms with Gasteiger partial charge in [0.2, 0.25) is 0 Å². The second-order valence-corrected chi connectivity index (χ2v) is 5.95. The molecule has 0 radical (unpaired) electrons. The molecule has 26 heavy (non-hydrogen) atoms. The Morgan fingerprint density at radius 3 is 1.85 bits per heavy atom. The van der Waals surface area contributed by atoms with Gasteiger partial charge in [0.25, 0.3) is 5.69 Å². The molecule has 130 valence electrons. The van der Waals surface area contributed by atoms with Gasteiger partial charge in [0.1, 0.15) is 0 Å². The van der Waals surface area contributed by atoms with Gasteiger partial charge in [-0.05, 0) is 23.3 Å². The first-order valence-corrected chi connectivity index (χ1v) is 8.24. The van der Waals surface area contributed by atoms with Crippen LogP contribution >= 0.6 is 0 Å². The number of carbonyl (C=O) groups excluding carboxylic acids is 1. The summed E-state index contributed by atoms with van der Waals surface area (Å²) < 4.78 is 0. The number of hydrogen-bond donors (Lipinski definition) is 0. The Morgan fingerprint density at radius 2 is 1.38 bits per heavy atom. The van der Waals surface area contributed by atoms with Gasteiger partial charge in [-0.15, -0.1) is 0 Å². The third-order valence-electron chi connectivity index (χ3n) is 4.14. The lowest BCUT2D eigenvalue weighted by Gasteiger charge is -2.25.